The molecule has 0 bridgehead atoms. The lowest BCUT2D eigenvalue weighted by Crippen LogP contribution is -2.98. The predicted octanol–water partition coefficient (Wildman–Crippen LogP) is -0.338. The van der Waals surface area contributed by atoms with Crippen molar-refractivity contribution in [2.45, 2.75) is 13.8 Å². The zero-order chi connectivity index (χ0) is 6.15. The Balaban J connectivity index is 2.78. The van der Waals surface area contributed by atoms with E-state index in [0.29, 0.717) is 0 Å². The maximum Gasteiger partial charge on any atom is 0.133 e. The van der Waals surface area contributed by atoms with Gasteiger partial charge in [-0.3, -0.25) is 0 Å². The van der Waals surface area contributed by atoms with Crippen LogP contribution in [0.5, 0.6) is 0 Å². The van der Waals surface area contributed by atoms with E-state index in [1.54, 1.807) is 13.0 Å². The zero-order valence-electron chi connectivity index (χ0n) is 4.93. The van der Waals surface area contributed by atoms with Gasteiger partial charge in [0.05, 0.1) is 5.71 Å². The van der Waals surface area contributed by atoms with Crippen LogP contribution in [0.25, 0.3) is 0 Å². The molecule has 0 radical (unpaired) electrons. The van der Waals surface area contributed by atoms with Gasteiger partial charge in [0.2, 0.25) is 0 Å². The first-order valence-corrected chi connectivity index (χ1v) is 2.48. The smallest absolute Gasteiger partial charge is 0.133 e. The van der Waals surface area contributed by atoms with E-state index >= 15 is 0 Å². The van der Waals surface area contributed by atoms with Crippen molar-refractivity contribution >= 4 is 5.71 Å². The molecule has 0 fully saturated rings. The fourth-order valence-corrected chi connectivity index (χ4v) is 0.656. The lowest BCUT2D eigenvalue weighted by Gasteiger charge is -2.08. The van der Waals surface area contributed by atoms with Gasteiger partial charge in [-0.1, -0.05) is 5.10 Å². The molecule has 1 heterocycles. The van der Waals surface area contributed by atoms with Gasteiger partial charge in [-0.05, 0) is 6.92 Å². The van der Waals surface area contributed by atoms with Crippen molar-refractivity contribution in [2.75, 3.05) is 0 Å². The lowest BCUT2D eigenvalue weighted by molar-refractivity contribution is -0.810. The number of nitrogens with one attached hydrogen (secondary N) is 1. The van der Waals surface area contributed by atoms with Crippen molar-refractivity contribution in [1.29, 1.82) is 0 Å². The van der Waals surface area contributed by atoms with E-state index in [-0.39, 0.29) is 5.17 Å². The number of quaternary nitrogens is 1. The Hall–Kier alpha value is -0.670. The van der Waals surface area contributed by atoms with Crippen LogP contribution in [0.1, 0.15) is 13.8 Å². The summed E-state index contributed by atoms with van der Waals surface area (Å²) in [6, 6.07) is 0. The number of hydrogen-bond donors (Lipinski definition) is 1. The summed E-state index contributed by atoms with van der Waals surface area (Å²) in [4.78, 5) is 0. The van der Waals surface area contributed by atoms with Crippen molar-refractivity contribution < 1.29 is 5.17 Å². The van der Waals surface area contributed by atoms with Crippen molar-refractivity contribution in [3.8, 4) is 0 Å². The third-order valence-electron chi connectivity index (χ3n) is 1.04. The molecule has 1 aliphatic heterocycles. The Bertz CT molecular complexity index is 160. The van der Waals surface area contributed by atoms with Crippen LogP contribution in [0.15, 0.2) is 16.9 Å². The van der Waals surface area contributed by atoms with Crippen LogP contribution in [-0.2, 0) is 0 Å². The van der Waals surface area contributed by atoms with Crippen molar-refractivity contribution in [3.63, 3.8) is 0 Å². The Morgan fingerprint density at radius 1 is 1.62 bits per heavy atom. The molecule has 0 spiro atoms. The average Bonchev–Trinajstić information content (AvgIpc) is 1.85. The first-order valence-electron chi connectivity index (χ1n) is 2.48. The van der Waals surface area contributed by atoms with Crippen LogP contribution in [0.2, 0.25) is 0 Å². The van der Waals surface area contributed by atoms with Gasteiger partial charge in [-0.25, -0.2) is 5.17 Å². The number of nitrogens with zero attached hydrogens (tertiary/aromatic N) is 1. The predicted molar refractivity (Wildman–Crippen MR) is 31.2 cm³/mol. The van der Waals surface area contributed by atoms with E-state index in [1.807, 2.05) is 6.92 Å². The number of hydrogen-bond acceptors (Lipinski definition) is 2. The van der Waals surface area contributed by atoms with Gasteiger partial charge in [0, 0.05) is 13.0 Å². The second-order valence-corrected chi connectivity index (χ2v) is 1.89. The van der Waals surface area contributed by atoms with Crippen LogP contribution in [0, 0.1) is 5.21 Å². The van der Waals surface area contributed by atoms with Gasteiger partial charge < -0.3 is 5.21 Å². The second kappa shape index (κ2) is 1.69. The molecule has 3 nitrogen and oxygen atoms in total. The number of allylic oxidation sites excluding steroid dienone is 2. The molecular formula is C5H8N2O. The van der Waals surface area contributed by atoms with Gasteiger partial charge in [0.15, 0.2) is 0 Å². The summed E-state index contributed by atoms with van der Waals surface area (Å²) in [5.41, 5.74) is 1.55. The van der Waals surface area contributed by atoms with E-state index in [9.17, 15) is 5.21 Å². The molecule has 1 unspecified atom stereocenters. The van der Waals surface area contributed by atoms with Gasteiger partial charge in [0.1, 0.15) is 5.70 Å². The van der Waals surface area contributed by atoms with Gasteiger partial charge in [-0.15, -0.1) is 0 Å². The standard InChI is InChI=1S/C5H8N2O/c1-4-3-5(2)7(8)6-4/h3,7H,1-2H3. The number of rotatable bonds is 0. The van der Waals surface area contributed by atoms with Crippen LogP contribution in [0.4, 0.5) is 0 Å². The third kappa shape index (κ3) is 0.778. The molecule has 0 aromatic heterocycles. The van der Waals surface area contributed by atoms with E-state index in [0.717, 1.165) is 11.4 Å². The largest absolute Gasteiger partial charge is 0.601 e. The fourth-order valence-electron chi connectivity index (χ4n) is 0.656. The molecule has 1 N–H and O–H groups in total. The van der Waals surface area contributed by atoms with Crippen LogP contribution >= 0.6 is 0 Å². The van der Waals surface area contributed by atoms with E-state index < -0.39 is 0 Å². The van der Waals surface area contributed by atoms with Crippen LogP contribution in [0.3, 0.4) is 0 Å². The molecule has 1 atom stereocenters. The third-order valence-corrected chi connectivity index (χ3v) is 1.04. The molecule has 3 heteroatoms. The fraction of sp³-hybridized carbons (Fsp3) is 0.400. The summed E-state index contributed by atoms with van der Waals surface area (Å²) in [7, 11) is 0. The molecule has 8 heavy (non-hydrogen) atoms. The van der Waals surface area contributed by atoms with Gasteiger partial charge in [-0.2, -0.15) is 0 Å². The minimum absolute atomic E-state index is 0.0949. The Morgan fingerprint density at radius 2 is 2.25 bits per heavy atom. The molecule has 0 saturated heterocycles. The SMILES string of the molecule is CC1=CC(C)=N[NH+]1[O-]. The first kappa shape index (κ1) is 5.47. The highest BCUT2D eigenvalue weighted by Crippen LogP contribution is 1.89. The van der Waals surface area contributed by atoms with Gasteiger partial charge >= 0.3 is 0 Å². The maximum absolute atomic E-state index is 10.5. The minimum atomic E-state index is -0.0949. The Labute approximate surface area is 47.9 Å². The summed E-state index contributed by atoms with van der Waals surface area (Å²) in [5.74, 6) is 0. The Morgan fingerprint density at radius 3 is 2.38 bits per heavy atom. The lowest BCUT2D eigenvalue weighted by atomic mass is 10.4. The van der Waals surface area contributed by atoms with Crippen molar-refractivity contribution in [3.05, 3.63) is 17.0 Å². The zero-order valence-corrected chi connectivity index (χ0v) is 4.93. The van der Waals surface area contributed by atoms with E-state index in [2.05, 4.69) is 5.10 Å². The average molecular weight is 112 g/mol. The molecule has 0 aromatic carbocycles. The summed E-state index contributed by atoms with van der Waals surface area (Å²) >= 11 is 0. The molecule has 0 amide bonds. The van der Waals surface area contributed by atoms with Gasteiger partial charge in [0.25, 0.3) is 0 Å². The summed E-state index contributed by atoms with van der Waals surface area (Å²) in [6.07, 6.45) is 1.78. The highest BCUT2D eigenvalue weighted by Gasteiger charge is 2.06. The molecule has 44 valence electrons. The summed E-state index contributed by atoms with van der Waals surface area (Å²) in [6.45, 7) is 3.58. The number of hydroxylamine groups is 1. The maximum atomic E-state index is 10.5. The molecule has 0 aromatic rings. The van der Waals surface area contributed by atoms with Crippen LogP contribution in [-0.4, -0.2) is 5.71 Å². The molecule has 1 aliphatic rings. The first-order chi connectivity index (χ1) is 3.70. The quantitative estimate of drug-likeness (QED) is 0.428. The van der Waals surface area contributed by atoms with Crippen molar-refractivity contribution in [2.24, 2.45) is 5.10 Å². The second-order valence-electron chi connectivity index (χ2n) is 1.89. The minimum Gasteiger partial charge on any atom is -0.601 e. The normalized spacial score (nSPS) is 27.6. The topological polar surface area (TPSA) is 39.9 Å². The summed E-state index contributed by atoms with van der Waals surface area (Å²) in [5, 5.41) is 14.1. The highest BCUT2D eigenvalue weighted by molar-refractivity contribution is 5.93. The van der Waals surface area contributed by atoms with E-state index in [1.165, 1.54) is 0 Å². The molecule has 0 aliphatic carbocycles. The van der Waals surface area contributed by atoms with E-state index in [4.69, 9.17) is 0 Å². The Kier molecular flexibility index (Phi) is 1.15. The summed E-state index contributed by atoms with van der Waals surface area (Å²) < 4.78 is 0. The molecule has 1 rings (SSSR count). The molecular weight excluding hydrogens is 104 g/mol. The highest BCUT2D eigenvalue weighted by atomic mass is 16.5. The monoisotopic (exact) mass is 112 g/mol. The molecule has 0 saturated carbocycles. The van der Waals surface area contributed by atoms with Crippen LogP contribution < -0.4 is 5.17 Å². The van der Waals surface area contributed by atoms with Crippen molar-refractivity contribution in [1.82, 2.24) is 0 Å².